The van der Waals surface area contributed by atoms with Gasteiger partial charge in [0, 0.05) is 19.0 Å². The summed E-state index contributed by atoms with van der Waals surface area (Å²) in [5.74, 6) is 1.20. The lowest BCUT2D eigenvalue weighted by molar-refractivity contribution is 0.224. The minimum Gasteiger partial charge on any atom is -0.394 e. The zero-order valence-electron chi connectivity index (χ0n) is 13.9. The van der Waals surface area contributed by atoms with E-state index in [9.17, 15) is 9.90 Å². The monoisotopic (exact) mass is 328 g/mol. The number of aliphatic hydroxyl groups excluding tert-OH is 1. The topological polar surface area (TPSA) is 79.2 Å². The molecule has 1 aliphatic carbocycles. The number of urea groups is 1. The van der Waals surface area contributed by atoms with Crippen LogP contribution in [0.1, 0.15) is 36.4 Å². The fraction of sp³-hybridized carbons (Fsp3) is 0.444. The van der Waals surface area contributed by atoms with Crippen LogP contribution in [0.5, 0.6) is 0 Å². The molecule has 6 nitrogen and oxygen atoms in total. The lowest BCUT2D eigenvalue weighted by Crippen LogP contribution is -2.41. The Hall–Kier alpha value is -2.34. The molecule has 0 bridgehead atoms. The number of carbonyl (C=O) groups excluding carboxylic acids is 1. The molecular formula is C18H24N4O2. The molecule has 1 aliphatic rings. The molecule has 2 aromatic rings. The van der Waals surface area contributed by atoms with Crippen LogP contribution in [0.15, 0.2) is 36.4 Å². The first-order chi connectivity index (χ1) is 11.7. The van der Waals surface area contributed by atoms with Gasteiger partial charge in [-0.2, -0.15) is 5.10 Å². The lowest BCUT2D eigenvalue weighted by atomic mass is 9.83. The summed E-state index contributed by atoms with van der Waals surface area (Å²) < 4.78 is 1.69. The molecule has 6 heteroatoms. The number of hydrogen-bond donors (Lipinski definition) is 3. The molecule has 1 aromatic carbocycles. The Balaban J connectivity index is 1.57. The van der Waals surface area contributed by atoms with Gasteiger partial charge < -0.3 is 10.4 Å². The zero-order valence-corrected chi connectivity index (χ0v) is 13.9. The first-order valence-electron chi connectivity index (χ1n) is 8.42. The van der Waals surface area contributed by atoms with Gasteiger partial charge in [-0.1, -0.05) is 36.8 Å². The molecule has 0 saturated heterocycles. The quantitative estimate of drug-likeness (QED) is 0.762. The van der Waals surface area contributed by atoms with Crippen molar-refractivity contribution in [3.05, 3.63) is 47.7 Å². The molecule has 0 aliphatic heterocycles. The summed E-state index contributed by atoms with van der Waals surface area (Å²) >= 11 is 0. The maximum atomic E-state index is 12.2. The number of nitrogens with zero attached hydrogens (tertiary/aromatic N) is 2. The Morgan fingerprint density at radius 2 is 2.12 bits per heavy atom. The van der Waals surface area contributed by atoms with Crippen molar-refractivity contribution in [1.29, 1.82) is 0 Å². The number of aliphatic hydroxyl groups is 1. The van der Waals surface area contributed by atoms with E-state index in [0.717, 1.165) is 11.3 Å². The predicted octanol–water partition coefficient (Wildman–Crippen LogP) is 2.41. The van der Waals surface area contributed by atoms with Crippen molar-refractivity contribution in [2.24, 2.45) is 7.05 Å². The molecule has 0 spiro atoms. The molecule has 1 atom stereocenters. The van der Waals surface area contributed by atoms with E-state index in [4.69, 9.17) is 0 Å². The molecule has 1 fully saturated rings. The van der Waals surface area contributed by atoms with E-state index in [-0.39, 0.29) is 18.7 Å². The van der Waals surface area contributed by atoms with Crippen molar-refractivity contribution in [2.75, 3.05) is 11.9 Å². The average molecular weight is 328 g/mol. The van der Waals surface area contributed by atoms with Crippen molar-refractivity contribution in [2.45, 2.75) is 37.6 Å². The maximum absolute atomic E-state index is 12.2. The second-order valence-corrected chi connectivity index (χ2v) is 6.37. The van der Waals surface area contributed by atoms with Crippen molar-refractivity contribution in [1.82, 2.24) is 15.1 Å². The van der Waals surface area contributed by atoms with Gasteiger partial charge in [-0.15, -0.1) is 0 Å². The predicted molar refractivity (Wildman–Crippen MR) is 93.0 cm³/mol. The Bertz CT molecular complexity index is 680. The normalized spacial score (nSPS) is 15.6. The molecular weight excluding hydrogens is 304 g/mol. The average Bonchev–Trinajstić information content (AvgIpc) is 2.86. The molecule has 0 unspecified atom stereocenters. The largest absolute Gasteiger partial charge is 0.394 e. The Morgan fingerprint density at radius 3 is 2.75 bits per heavy atom. The molecule has 2 amide bonds. The molecule has 24 heavy (non-hydrogen) atoms. The van der Waals surface area contributed by atoms with E-state index in [1.807, 2.05) is 43.4 Å². The second kappa shape index (κ2) is 7.49. The highest BCUT2D eigenvalue weighted by atomic mass is 16.3. The summed E-state index contributed by atoms with van der Waals surface area (Å²) in [6.45, 7) is -0.110. The molecule has 128 valence electrons. The summed E-state index contributed by atoms with van der Waals surface area (Å²) in [7, 11) is 1.82. The summed E-state index contributed by atoms with van der Waals surface area (Å²) in [5, 5.41) is 19.6. The van der Waals surface area contributed by atoms with Crippen molar-refractivity contribution in [3.63, 3.8) is 0 Å². The van der Waals surface area contributed by atoms with Gasteiger partial charge in [0.25, 0.3) is 0 Å². The number of nitrogens with one attached hydrogen (secondary N) is 2. The van der Waals surface area contributed by atoms with Crippen LogP contribution >= 0.6 is 0 Å². The highest BCUT2D eigenvalue weighted by Crippen LogP contribution is 2.36. The Labute approximate surface area is 141 Å². The number of aryl methyl sites for hydroxylation is 1. The van der Waals surface area contributed by atoms with Crippen LogP contribution in [-0.4, -0.2) is 33.6 Å². The maximum Gasteiger partial charge on any atom is 0.320 e. The number of amides is 2. The van der Waals surface area contributed by atoms with Gasteiger partial charge in [0.15, 0.2) is 0 Å². The highest BCUT2D eigenvalue weighted by molar-refractivity contribution is 5.88. The molecule has 3 rings (SSSR count). The number of hydrogen-bond acceptors (Lipinski definition) is 3. The SMILES string of the molecule is Cn1nc(C2CCC2)cc1NC(=O)N[C@H](CO)Cc1ccccc1. The van der Waals surface area contributed by atoms with Gasteiger partial charge in [0.1, 0.15) is 5.82 Å². The van der Waals surface area contributed by atoms with Crippen LogP contribution in [0.4, 0.5) is 10.6 Å². The fourth-order valence-corrected chi connectivity index (χ4v) is 2.91. The van der Waals surface area contributed by atoms with E-state index in [0.29, 0.717) is 18.2 Å². The van der Waals surface area contributed by atoms with Crippen LogP contribution in [0.3, 0.4) is 0 Å². The van der Waals surface area contributed by atoms with Crippen molar-refractivity contribution < 1.29 is 9.90 Å². The fourth-order valence-electron chi connectivity index (χ4n) is 2.91. The van der Waals surface area contributed by atoms with Crippen LogP contribution in [0, 0.1) is 0 Å². The highest BCUT2D eigenvalue weighted by Gasteiger charge is 2.23. The number of aromatic nitrogens is 2. The third-order valence-electron chi connectivity index (χ3n) is 4.54. The van der Waals surface area contributed by atoms with E-state index in [1.165, 1.54) is 19.3 Å². The minimum atomic E-state index is -0.327. The number of rotatable bonds is 6. The summed E-state index contributed by atoms with van der Waals surface area (Å²) in [6.07, 6.45) is 4.18. The van der Waals surface area contributed by atoms with Gasteiger partial charge in [0.2, 0.25) is 0 Å². The zero-order chi connectivity index (χ0) is 16.9. The van der Waals surface area contributed by atoms with E-state index in [2.05, 4.69) is 15.7 Å². The lowest BCUT2D eigenvalue weighted by Gasteiger charge is -2.22. The Kier molecular flexibility index (Phi) is 5.15. The van der Waals surface area contributed by atoms with E-state index >= 15 is 0 Å². The van der Waals surface area contributed by atoms with E-state index < -0.39 is 0 Å². The van der Waals surface area contributed by atoms with Crippen LogP contribution < -0.4 is 10.6 Å². The van der Waals surface area contributed by atoms with Crippen LogP contribution in [0.2, 0.25) is 0 Å². The molecule has 1 heterocycles. The second-order valence-electron chi connectivity index (χ2n) is 6.37. The van der Waals surface area contributed by atoms with Gasteiger partial charge in [0.05, 0.1) is 18.3 Å². The Morgan fingerprint density at radius 1 is 1.38 bits per heavy atom. The van der Waals surface area contributed by atoms with Crippen molar-refractivity contribution >= 4 is 11.8 Å². The van der Waals surface area contributed by atoms with Gasteiger partial charge in [-0.3, -0.25) is 10.00 Å². The molecule has 3 N–H and O–H groups in total. The number of benzene rings is 1. The third-order valence-corrected chi connectivity index (χ3v) is 4.54. The first-order valence-corrected chi connectivity index (χ1v) is 8.42. The van der Waals surface area contributed by atoms with Crippen LogP contribution in [0.25, 0.3) is 0 Å². The summed E-state index contributed by atoms with van der Waals surface area (Å²) in [6, 6.07) is 11.1. The van der Waals surface area contributed by atoms with Gasteiger partial charge in [-0.05, 0) is 24.8 Å². The molecule has 1 aromatic heterocycles. The summed E-state index contributed by atoms with van der Waals surface area (Å²) in [5.41, 5.74) is 2.12. The molecule has 1 saturated carbocycles. The van der Waals surface area contributed by atoms with E-state index in [1.54, 1.807) is 4.68 Å². The minimum absolute atomic E-state index is 0.110. The third kappa shape index (κ3) is 3.94. The summed E-state index contributed by atoms with van der Waals surface area (Å²) in [4.78, 5) is 12.2. The standard InChI is InChI=1S/C18H24N4O2/c1-22-17(11-16(21-22)14-8-5-9-14)20-18(24)19-15(12-23)10-13-6-3-2-4-7-13/h2-4,6-7,11,14-15,23H,5,8-10,12H2,1H3,(H2,19,20,24)/t15-/m0/s1. The molecule has 0 radical (unpaired) electrons. The number of carbonyl (C=O) groups is 1. The van der Waals surface area contributed by atoms with Gasteiger partial charge >= 0.3 is 6.03 Å². The van der Waals surface area contributed by atoms with Crippen LogP contribution in [-0.2, 0) is 13.5 Å². The smallest absolute Gasteiger partial charge is 0.320 e. The number of anilines is 1. The van der Waals surface area contributed by atoms with Crippen molar-refractivity contribution in [3.8, 4) is 0 Å². The van der Waals surface area contributed by atoms with Gasteiger partial charge in [-0.25, -0.2) is 4.79 Å². The first kappa shape index (κ1) is 16.5.